The van der Waals surface area contributed by atoms with Crippen molar-refractivity contribution in [3.8, 4) is 0 Å². The summed E-state index contributed by atoms with van der Waals surface area (Å²) in [6.45, 7) is 6.55. The zero-order valence-corrected chi connectivity index (χ0v) is 27.5. The molecule has 1 N–H and O–H groups in total. The molecule has 1 aromatic rings. The van der Waals surface area contributed by atoms with Crippen LogP contribution >= 0.6 is 0 Å². The van der Waals surface area contributed by atoms with E-state index in [1.807, 2.05) is 6.07 Å². The molecule has 0 amide bonds. The number of methoxy groups -OCH3 is 1. The molecule has 5 fully saturated rings. The van der Waals surface area contributed by atoms with Crippen LogP contribution in [0, 0.1) is 28.6 Å². The van der Waals surface area contributed by atoms with Gasteiger partial charge >= 0.3 is 17.6 Å². The standard InChI is InChI=1S/C35H48O11/c1-19-29(44-20(2)37)30(41-5)31(45-21(3)38)32(43-19)46-24-10-14-34(18-36)23(16-24)7-8-27-26(34)11-13-33(4)25(12-15-35(27,33)40)22-6-9-28(39)42-17-22/h6,9,17-19,23-27,29-32,40H,7-8,10-16H2,1-5H3/t19-,23+,24+,25+,26+,27+,29+,30+,31+,32+,33+,34+,35+/m1/s1. The Hall–Kier alpha value is -2.60. The van der Waals surface area contributed by atoms with Crippen LogP contribution in [0.3, 0.4) is 0 Å². The molecular weight excluding hydrogens is 596 g/mol. The van der Waals surface area contributed by atoms with Crippen LogP contribution in [0.25, 0.3) is 0 Å². The Labute approximate surface area is 269 Å². The third kappa shape index (κ3) is 5.35. The Morgan fingerprint density at radius 3 is 2.35 bits per heavy atom. The monoisotopic (exact) mass is 644 g/mol. The van der Waals surface area contributed by atoms with Crippen LogP contribution in [0.1, 0.15) is 97.0 Å². The second kappa shape index (κ2) is 12.5. The molecule has 46 heavy (non-hydrogen) atoms. The Morgan fingerprint density at radius 1 is 0.957 bits per heavy atom. The summed E-state index contributed by atoms with van der Waals surface area (Å²) in [6, 6.07) is 3.29. The van der Waals surface area contributed by atoms with Crippen molar-refractivity contribution in [2.75, 3.05) is 7.11 Å². The van der Waals surface area contributed by atoms with Crippen LogP contribution in [0.2, 0.25) is 0 Å². The summed E-state index contributed by atoms with van der Waals surface area (Å²) in [4.78, 5) is 48.7. The SMILES string of the molecule is CO[C@@H]1[C@H](OC(C)=O)[C@H](O[C@H]2CC[C@]3(C=O)[C@@H](CC[C@H]4[C@@H]3CC[C@@]3(C)[C@H](c5ccc(=O)oc5)CC[C@]43O)C2)O[C@H](C)[C@@H]1OC(C)=O. The minimum atomic E-state index is -0.949. The molecule has 4 saturated carbocycles. The average Bonchev–Trinajstić information content (AvgIpc) is 3.30. The third-order valence-corrected chi connectivity index (χ3v) is 12.6. The van der Waals surface area contributed by atoms with Crippen LogP contribution < -0.4 is 5.63 Å². The topological polar surface area (TPSA) is 148 Å². The van der Waals surface area contributed by atoms with Crippen LogP contribution in [-0.4, -0.2) is 72.9 Å². The lowest BCUT2D eigenvalue weighted by atomic mass is 9.43. The molecular formula is C35H48O11. The number of fused-ring (bicyclic) bond motifs is 5. The van der Waals surface area contributed by atoms with Crippen molar-refractivity contribution in [3.63, 3.8) is 0 Å². The number of carbonyl (C=O) groups is 3. The lowest BCUT2D eigenvalue weighted by Crippen LogP contribution is -2.63. The van der Waals surface area contributed by atoms with Gasteiger partial charge in [0, 0.05) is 37.9 Å². The van der Waals surface area contributed by atoms with Crippen molar-refractivity contribution in [1.82, 2.24) is 0 Å². The molecule has 13 atom stereocenters. The first-order valence-electron chi connectivity index (χ1n) is 16.8. The van der Waals surface area contributed by atoms with E-state index in [4.69, 9.17) is 28.1 Å². The number of rotatable bonds is 7. The normalized spacial score (nSPS) is 45.1. The fraction of sp³-hybridized carbons (Fsp3) is 0.771. The van der Waals surface area contributed by atoms with Crippen LogP contribution in [-0.2, 0) is 38.1 Å². The predicted molar refractivity (Wildman–Crippen MR) is 162 cm³/mol. The summed E-state index contributed by atoms with van der Waals surface area (Å²) in [7, 11) is 1.47. The van der Waals surface area contributed by atoms with Gasteiger partial charge in [0.1, 0.15) is 12.4 Å². The largest absolute Gasteiger partial charge is 0.457 e. The number of ether oxygens (including phenoxy) is 5. The number of hydrogen-bond acceptors (Lipinski definition) is 11. The van der Waals surface area contributed by atoms with Gasteiger partial charge in [0.2, 0.25) is 0 Å². The van der Waals surface area contributed by atoms with Gasteiger partial charge in [-0.3, -0.25) is 9.59 Å². The van der Waals surface area contributed by atoms with Crippen molar-refractivity contribution >= 4 is 18.2 Å². The molecule has 6 rings (SSSR count). The minimum Gasteiger partial charge on any atom is -0.457 e. The fourth-order valence-corrected chi connectivity index (χ4v) is 10.5. The minimum absolute atomic E-state index is 0.00225. The van der Waals surface area contributed by atoms with Gasteiger partial charge in [0.05, 0.1) is 24.1 Å². The molecule has 0 radical (unpaired) electrons. The van der Waals surface area contributed by atoms with Crippen molar-refractivity contribution in [2.45, 2.75) is 134 Å². The summed E-state index contributed by atoms with van der Waals surface area (Å²) < 4.78 is 34.7. The zero-order valence-electron chi connectivity index (χ0n) is 27.5. The maximum atomic E-state index is 13.2. The second-order valence-electron chi connectivity index (χ2n) is 14.7. The molecule has 0 spiro atoms. The van der Waals surface area contributed by atoms with Gasteiger partial charge in [-0.25, -0.2) is 4.79 Å². The van der Waals surface area contributed by atoms with E-state index >= 15 is 0 Å². The molecule has 11 heteroatoms. The van der Waals surface area contributed by atoms with Gasteiger partial charge in [-0.2, -0.15) is 0 Å². The number of aldehydes is 1. The summed E-state index contributed by atoms with van der Waals surface area (Å²) in [5, 5.41) is 12.5. The Kier molecular flexibility index (Phi) is 9.01. The van der Waals surface area contributed by atoms with E-state index in [1.165, 1.54) is 33.3 Å². The van der Waals surface area contributed by atoms with Gasteiger partial charge < -0.3 is 38.0 Å². The van der Waals surface area contributed by atoms with Gasteiger partial charge in [-0.15, -0.1) is 0 Å². The molecule has 5 aliphatic rings. The number of esters is 2. The van der Waals surface area contributed by atoms with Gasteiger partial charge in [0.25, 0.3) is 0 Å². The molecule has 0 bridgehead atoms. The van der Waals surface area contributed by atoms with Gasteiger partial charge in [-0.1, -0.05) is 6.92 Å². The van der Waals surface area contributed by atoms with Crippen molar-refractivity contribution in [1.29, 1.82) is 0 Å². The van der Waals surface area contributed by atoms with Gasteiger partial charge in [-0.05, 0) is 100 Å². The van der Waals surface area contributed by atoms with E-state index in [9.17, 15) is 24.3 Å². The van der Waals surface area contributed by atoms with E-state index < -0.39 is 53.7 Å². The van der Waals surface area contributed by atoms with E-state index in [-0.39, 0.29) is 40.8 Å². The van der Waals surface area contributed by atoms with E-state index in [2.05, 4.69) is 6.92 Å². The lowest BCUT2D eigenvalue weighted by molar-refractivity contribution is -0.316. The maximum Gasteiger partial charge on any atom is 0.335 e. The highest BCUT2D eigenvalue weighted by Crippen LogP contribution is 2.70. The summed E-state index contributed by atoms with van der Waals surface area (Å²) in [5.41, 5.74) is -1.28. The Morgan fingerprint density at radius 2 is 1.70 bits per heavy atom. The van der Waals surface area contributed by atoms with E-state index in [0.29, 0.717) is 25.7 Å². The number of carbonyl (C=O) groups excluding carboxylic acids is 3. The van der Waals surface area contributed by atoms with E-state index in [1.54, 1.807) is 13.2 Å². The third-order valence-electron chi connectivity index (χ3n) is 12.6. The highest BCUT2D eigenvalue weighted by molar-refractivity contribution is 5.67. The molecule has 254 valence electrons. The number of hydrogen-bond donors (Lipinski definition) is 1. The molecule has 4 aliphatic carbocycles. The Balaban J connectivity index is 1.19. The first-order chi connectivity index (χ1) is 21.9. The zero-order chi connectivity index (χ0) is 33.0. The molecule has 1 saturated heterocycles. The van der Waals surface area contributed by atoms with Crippen LogP contribution in [0.4, 0.5) is 0 Å². The number of aliphatic hydroxyl groups is 1. The van der Waals surface area contributed by atoms with Crippen molar-refractivity contribution in [3.05, 3.63) is 34.4 Å². The highest BCUT2D eigenvalue weighted by Gasteiger charge is 2.68. The van der Waals surface area contributed by atoms with Gasteiger partial charge in [0.15, 0.2) is 18.5 Å². The second-order valence-corrected chi connectivity index (χ2v) is 14.7. The van der Waals surface area contributed by atoms with Crippen LogP contribution in [0.15, 0.2) is 27.6 Å². The van der Waals surface area contributed by atoms with Crippen molar-refractivity contribution in [2.24, 2.45) is 28.6 Å². The Bertz CT molecular complexity index is 1360. The molecule has 0 unspecified atom stereocenters. The summed E-state index contributed by atoms with van der Waals surface area (Å²) in [6.07, 6.45) is 5.09. The summed E-state index contributed by atoms with van der Waals surface area (Å²) >= 11 is 0. The molecule has 2 heterocycles. The molecule has 1 aliphatic heterocycles. The quantitative estimate of drug-likeness (QED) is 0.260. The van der Waals surface area contributed by atoms with Crippen LogP contribution in [0.5, 0.6) is 0 Å². The predicted octanol–water partition coefficient (Wildman–Crippen LogP) is 4.07. The highest BCUT2D eigenvalue weighted by atomic mass is 16.7. The van der Waals surface area contributed by atoms with Crippen molar-refractivity contribution < 1.29 is 47.6 Å². The first-order valence-corrected chi connectivity index (χ1v) is 16.8. The maximum absolute atomic E-state index is 13.2. The lowest BCUT2D eigenvalue weighted by Gasteiger charge is -2.63. The average molecular weight is 645 g/mol. The smallest absolute Gasteiger partial charge is 0.335 e. The fourth-order valence-electron chi connectivity index (χ4n) is 10.5. The van der Waals surface area contributed by atoms with E-state index in [0.717, 1.165) is 37.7 Å². The molecule has 11 nitrogen and oxygen atoms in total. The summed E-state index contributed by atoms with van der Waals surface area (Å²) in [5.74, 6) is -0.795. The molecule has 1 aromatic heterocycles. The molecule has 0 aromatic carbocycles. The first kappa shape index (κ1) is 33.3.